The second kappa shape index (κ2) is 5.80. The lowest BCUT2D eigenvalue weighted by Crippen LogP contribution is -2.26. The van der Waals surface area contributed by atoms with E-state index in [1.807, 2.05) is 0 Å². The number of rotatable bonds is 5. The van der Waals surface area contributed by atoms with E-state index in [9.17, 15) is 14.9 Å². The van der Waals surface area contributed by atoms with Crippen molar-refractivity contribution in [2.24, 2.45) is 0 Å². The summed E-state index contributed by atoms with van der Waals surface area (Å²) in [5, 5.41) is 21.7. The molecule has 4 N–H and O–H groups in total. The average Bonchev–Trinajstić information content (AvgIpc) is 2.29. The van der Waals surface area contributed by atoms with E-state index in [0.29, 0.717) is 6.42 Å². The Morgan fingerprint density at radius 1 is 1.53 bits per heavy atom. The summed E-state index contributed by atoms with van der Waals surface area (Å²) in [4.78, 5) is 21.6. The van der Waals surface area contributed by atoms with Gasteiger partial charge in [-0.05, 0) is 12.5 Å². The number of aliphatic hydroxyl groups is 1. The number of nitro groups is 1. The first-order chi connectivity index (χ1) is 8.07. The van der Waals surface area contributed by atoms with Gasteiger partial charge in [-0.15, -0.1) is 0 Å². The molecule has 0 unspecified atom stereocenters. The van der Waals surface area contributed by atoms with Crippen LogP contribution < -0.4 is 11.1 Å². The molecular formula is C10H13N3O4. The fourth-order valence-electron chi connectivity index (χ4n) is 1.29. The fourth-order valence-corrected chi connectivity index (χ4v) is 1.29. The molecule has 1 aromatic carbocycles. The number of nitro benzene ring substituents is 1. The molecule has 1 rings (SSSR count). The maximum Gasteiger partial charge on any atom is 0.292 e. The van der Waals surface area contributed by atoms with E-state index in [0.717, 1.165) is 0 Å². The van der Waals surface area contributed by atoms with Gasteiger partial charge in [0.15, 0.2) is 0 Å². The lowest BCUT2D eigenvalue weighted by Gasteiger charge is -2.06. The van der Waals surface area contributed by atoms with E-state index in [2.05, 4.69) is 5.32 Å². The molecule has 0 radical (unpaired) electrons. The van der Waals surface area contributed by atoms with E-state index < -0.39 is 10.8 Å². The zero-order valence-corrected chi connectivity index (χ0v) is 9.05. The second-order valence-corrected chi connectivity index (χ2v) is 3.33. The first-order valence-electron chi connectivity index (χ1n) is 5.00. The predicted octanol–water partition coefficient (Wildman–Crippen LogP) is 0.289. The Kier molecular flexibility index (Phi) is 4.41. The number of benzene rings is 1. The molecule has 17 heavy (non-hydrogen) atoms. The predicted molar refractivity (Wildman–Crippen MR) is 61.5 cm³/mol. The number of nitrogen functional groups attached to an aromatic ring is 1. The van der Waals surface area contributed by atoms with Gasteiger partial charge in [0.1, 0.15) is 5.69 Å². The van der Waals surface area contributed by atoms with Crippen molar-refractivity contribution in [3.05, 3.63) is 33.9 Å². The largest absolute Gasteiger partial charge is 0.396 e. The van der Waals surface area contributed by atoms with E-state index in [-0.39, 0.29) is 30.1 Å². The average molecular weight is 239 g/mol. The molecule has 0 aromatic heterocycles. The van der Waals surface area contributed by atoms with Gasteiger partial charge in [0.05, 0.1) is 10.5 Å². The number of anilines is 1. The smallest absolute Gasteiger partial charge is 0.292 e. The lowest BCUT2D eigenvalue weighted by atomic mass is 10.1. The molecule has 1 amide bonds. The number of hydrogen-bond donors (Lipinski definition) is 3. The molecule has 0 aliphatic heterocycles. The zero-order chi connectivity index (χ0) is 12.8. The summed E-state index contributed by atoms with van der Waals surface area (Å²) >= 11 is 0. The third-order valence-corrected chi connectivity index (χ3v) is 2.14. The number of carbonyl (C=O) groups excluding carboxylic acids is 1. The van der Waals surface area contributed by atoms with Crippen molar-refractivity contribution in [3.63, 3.8) is 0 Å². The SMILES string of the molecule is Nc1c(C(=O)NCCCO)cccc1[N+](=O)[O-]. The molecule has 0 atom stereocenters. The lowest BCUT2D eigenvalue weighted by molar-refractivity contribution is -0.383. The van der Waals surface area contributed by atoms with Crippen LogP contribution in [0.1, 0.15) is 16.8 Å². The third-order valence-electron chi connectivity index (χ3n) is 2.14. The maximum atomic E-state index is 11.6. The summed E-state index contributed by atoms with van der Waals surface area (Å²) in [6.45, 7) is 0.252. The number of nitrogens with zero attached hydrogens (tertiary/aromatic N) is 1. The Bertz CT molecular complexity index is 434. The summed E-state index contributed by atoms with van der Waals surface area (Å²) in [7, 11) is 0. The number of amides is 1. The maximum absolute atomic E-state index is 11.6. The van der Waals surface area contributed by atoms with Crippen LogP contribution in [-0.2, 0) is 0 Å². The summed E-state index contributed by atoms with van der Waals surface area (Å²) < 4.78 is 0. The summed E-state index contributed by atoms with van der Waals surface area (Å²) in [5.41, 5.74) is 5.16. The highest BCUT2D eigenvalue weighted by molar-refractivity contribution is 6.00. The van der Waals surface area contributed by atoms with Crippen molar-refractivity contribution in [2.45, 2.75) is 6.42 Å². The Balaban J connectivity index is 2.87. The minimum atomic E-state index is -0.639. The van der Waals surface area contributed by atoms with Gasteiger partial charge in [-0.3, -0.25) is 14.9 Å². The fraction of sp³-hybridized carbons (Fsp3) is 0.300. The highest BCUT2D eigenvalue weighted by Gasteiger charge is 2.18. The number of nitrogens with two attached hydrogens (primary N) is 1. The second-order valence-electron chi connectivity index (χ2n) is 3.33. The molecule has 92 valence electrons. The highest BCUT2D eigenvalue weighted by atomic mass is 16.6. The molecule has 0 saturated heterocycles. The highest BCUT2D eigenvalue weighted by Crippen LogP contribution is 2.24. The molecule has 7 heteroatoms. The molecule has 0 aliphatic carbocycles. The quantitative estimate of drug-likeness (QED) is 0.295. The van der Waals surface area contributed by atoms with Gasteiger partial charge in [-0.2, -0.15) is 0 Å². The van der Waals surface area contributed by atoms with Crippen molar-refractivity contribution in [3.8, 4) is 0 Å². The molecule has 0 heterocycles. The molecule has 0 saturated carbocycles. The molecule has 1 aromatic rings. The normalized spacial score (nSPS) is 9.94. The Hall–Kier alpha value is -2.15. The van der Waals surface area contributed by atoms with Gasteiger partial charge in [-0.1, -0.05) is 6.07 Å². The van der Waals surface area contributed by atoms with Crippen LogP contribution in [0.25, 0.3) is 0 Å². The molecule has 0 bridgehead atoms. The van der Waals surface area contributed by atoms with Crippen molar-refractivity contribution < 1.29 is 14.8 Å². The zero-order valence-electron chi connectivity index (χ0n) is 9.05. The van der Waals surface area contributed by atoms with Crippen LogP contribution in [0.15, 0.2) is 18.2 Å². The van der Waals surface area contributed by atoms with Gasteiger partial charge in [-0.25, -0.2) is 0 Å². The first kappa shape index (κ1) is 12.9. The topological polar surface area (TPSA) is 118 Å². The van der Waals surface area contributed by atoms with Crippen molar-refractivity contribution in [2.75, 3.05) is 18.9 Å². The van der Waals surface area contributed by atoms with Gasteiger partial charge < -0.3 is 16.2 Å². The molecule has 0 spiro atoms. The van der Waals surface area contributed by atoms with E-state index in [4.69, 9.17) is 10.8 Å². The summed E-state index contributed by atoms with van der Waals surface area (Å²) in [6.07, 6.45) is 0.417. The van der Waals surface area contributed by atoms with Crippen LogP contribution in [-0.4, -0.2) is 29.1 Å². The molecule has 7 nitrogen and oxygen atoms in total. The van der Waals surface area contributed by atoms with Crippen molar-refractivity contribution in [1.29, 1.82) is 0 Å². The minimum absolute atomic E-state index is 0.0370. The van der Waals surface area contributed by atoms with Gasteiger partial charge >= 0.3 is 0 Å². The summed E-state index contributed by atoms with van der Waals surface area (Å²) in [5.74, 6) is -0.486. The van der Waals surface area contributed by atoms with E-state index in [1.165, 1.54) is 18.2 Å². The monoisotopic (exact) mass is 239 g/mol. The van der Waals surface area contributed by atoms with Gasteiger partial charge in [0.25, 0.3) is 11.6 Å². The molecule has 0 aliphatic rings. The number of nitrogens with one attached hydrogen (secondary N) is 1. The van der Waals surface area contributed by atoms with Crippen LogP contribution in [0.4, 0.5) is 11.4 Å². The van der Waals surface area contributed by atoms with Crippen LogP contribution in [0.5, 0.6) is 0 Å². The Labute approximate surface area is 97.4 Å². The number of para-hydroxylation sites is 1. The summed E-state index contributed by atoms with van der Waals surface area (Å²) in [6, 6.07) is 4.05. The van der Waals surface area contributed by atoms with Gasteiger partial charge in [0, 0.05) is 19.2 Å². The van der Waals surface area contributed by atoms with E-state index in [1.54, 1.807) is 0 Å². The minimum Gasteiger partial charge on any atom is -0.396 e. The van der Waals surface area contributed by atoms with Crippen molar-refractivity contribution in [1.82, 2.24) is 5.32 Å². The van der Waals surface area contributed by atoms with Crippen molar-refractivity contribution >= 4 is 17.3 Å². The first-order valence-corrected chi connectivity index (χ1v) is 5.00. The third kappa shape index (κ3) is 3.15. The number of hydrogen-bond acceptors (Lipinski definition) is 5. The number of aliphatic hydroxyl groups excluding tert-OH is 1. The Morgan fingerprint density at radius 2 is 2.24 bits per heavy atom. The standard InChI is InChI=1S/C10H13N3O4/c11-9-7(10(15)12-5-2-6-14)3-1-4-8(9)13(16)17/h1,3-4,14H,2,5-6,11H2,(H,12,15). The molecule has 0 fully saturated rings. The van der Waals surface area contributed by atoms with Crippen LogP contribution in [0, 0.1) is 10.1 Å². The molecular weight excluding hydrogens is 226 g/mol. The van der Waals surface area contributed by atoms with Crippen LogP contribution >= 0.6 is 0 Å². The van der Waals surface area contributed by atoms with E-state index >= 15 is 0 Å². The Morgan fingerprint density at radius 3 is 2.82 bits per heavy atom. The van der Waals surface area contributed by atoms with Crippen LogP contribution in [0.2, 0.25) is 0 Å². The van der Waals surface area contributed by atoms with Crippen LogP contribution in [0.3, 0.4) is 0 Å². The van der Waals surface area contributed by atoms with Gasteiger partial charge in [0.2, 0.25) is 0 Å². The number of carbonyl (C=O) groups is 1.